The van der Waals surface area contributed by atoms with Gasteiger partial charge in [-0.15, -0.1) is 0 Å². The van der Waals surface area contributed by atoms with Gasteiger partial charge in [0.25, 0.3) is 0 Å². The Morgan fingerprint density at radius 3 is 2.55 bits per heavy atom. The molecule has 154 valence electrons. The van der Waals surface area contributed by atoms with E-state index in [-0.39, 0.29) is 0 Å². The molecule has 1 N–H and O–H groups in total. The van der Waals surface area contributed by atoms with Crippen molar-refractivity contribution in [2.75, 3.05) is 46.8 Å². The van der Waals surface area contributed by atoms with Crippen LogP contribution < -0.4 is 5.32 Å². The van der Waals surface area contributed by atoms with Gasteiger partial charge in [-0.1, -0.05) is 36.0 Å². The summed E-state index contributed by atoms with van der Waals surface area (Å²) in [6, 6.07) is 13.9. The van der Waals surface area contributed by atoms with Crippen LogP contribution in [0, 0.1) is 0 Å². The molecule has 0 amide bonds. The van der Waals surface area contributed by atoms with Crippen LogP contribution >= 0.6 is 11.8 Å². The molecule has 2 aliphatic heterocycles. The van der Waals surface area contributed by atoms with Crippen molar-refractivity contribution in [1.82, 2.24) is 14.5 Å². The van der Waals surface area contributed by atoms with E-state index in [1.54, 1.807) is 31.9 Å². The number of hydrogen-bond acceptors (Lipinski definition) is 5. The summed E-state index contributed by atoms with van der Waals surface area (Å²) in [6.07, 6.45) is 3.23. The van der Waals surface area contributed by atoms with Gasteiger partial charge in [0.15, 0.2) is 0 Å². The van der Waals surface area contributed by atoms with Crippen LogP contribution in [0.2, 0.25) is 0 Å². The Hall–Kier alpha value is -1.64. The van der Waals surface area contributed by atoms with Crippen molar-refractivity contribution >= 4 is 27.4 Å². The molecule has 0 unspecified atom stereocenters. The minimum absolute atomic E-state index is 0.342. The van der Waals surface area contributed by atoms with E-state index in [0.29, 0.717) is 4.90 Å². The van der Waals surface area contributed by atoms with E-state index in [1.807, 2.05) is 12.1 Å². The summed E-state index contributed by atoms with van der Waals surface area (Å²) in [7, 11) is -0.322. The van der Waals surface area contributed by atoms with Crippen molar-refractivity contribution in [3.8, 4) is 0 Å². The molecule has 5 nitrogen and oxygen atoms in total. The summed E-state index contributed by atoms with van der Waals surface area (Å²) in [5.74, 6) is 0. The van der Waals surface area contributed by atoms with Gasteiger partial charge in [0.05, 0.1) is 4.90 Å². The summed E-state index contributed by atoms with van der Waals surface area (Å²) >= 11 is 1.71. The standard InChI is InChI=1S/C22H27N3O2S2/c1-24(2)29(26,27)17-9-10-22-20(16-17)18(19-6-3-4-8-21(19)28-22)7-5-13-25-14-11-23-12-15-25/h3-4,6-10,16,23H,5,11-15H2,1-2H3/b18-7+. The fourth-order valence-corrected chi connectivity index (χ4v) is 5.78. The van der Waals surface area contributed by atoms with Gasteiger partial charge in [-0.05, 0) is 47.4 Å². The zero-order valence-corrected chi connectivity index (χ0v) is 18.5. The highest BCUT2D eigenvalue weighted by Crippen LogP contribution is 2.46. The number of fused-ring (bicyclic) bond motifs is 2. The van der Waals surface area contributed by atoms with Crippen LogP contribution in [-0.4, -0.2) is 64.4 Å². The molecule has 0 aliphatic carbocycles. The molecular weight excluding hydrogens is 402 g/mol. The summed E-state index contributed by atoms with van der Waals surface area (Å²) in [5.41, 5.74) is 3.34. The molecule has 0 saturated carbocycles. The first-order valence-corrected chi connectivity index (χ1v) is 12.2. The molecule has 0 aromatic heterocycles. The summed E-state index contributed by atoms with van der Waals surface area (Å²) < 4.78 is 26.6. The third-order valence-electron chi connectivity index (χ3n) is 5.42. The van der Waals surface area contributed by atoms with Gasteiger partial charge in [-0.25, -0.2) is 12.7 Å². The molecule has 4 rings (SSSR count). The Labute approximate surface area is 177 Å². The first-order chi connectivity index (χ1) is 14.0. The number of nitrogens with zero attached hydrogens (tertiary/aromatic N) is 2. The van der Waals surface area contributed by atoms with E-state index in [4.69, 9.17) is 0 Å². The molecule has 2 heterocycles. The highest BCUT2D eigenvalue weighted by Gasteiger charge is 2.24. The second kappa shape index (κ2) is 8.62. The lowest BCUT2D eigenvalue weighted by atomic mass is 9.96. The van der Waals surface area contributed by atoms with Crippen molar-refractivity contribution in [2.45, 2.75) is 21.1 Å². The van der Waals surface area contributed by atoms with Gasteiger partial charge in [0.1, 0.15) is 0 Å². The highest BCUT2D eigenvalue weighted by molar-refractivity contribution is 7.99. The number of piperazine rings is 1. The Balaban J connectivity index is 1.70. The minimum atomic E-state index is -3.47. The molecule has 2 aromatic carbocycles. The maximum atomic E-state index is 12.7. The maximum absolute atomic E-state index is 12.7. The molecular formula is C22H27N3O2S2. The molecule has 0 bridgehead atoms. The van der Waals surface area contributed by atoms with Crippen molar-refractivity contribution in [3.63, 3.8) is 0 Å². The third-order valence-corrected chi connectivity index (χ3v) is 8.38. The average molecular weight is 430 g/mol. The van der Waals surface area contributed by atoms with E-state index < -0.39 is 10.0 Å². The normalized spacial score (nSPS) is 18.7. The molecule has 1 fully saturated rings. The van der Waals surface area contributed by atoms with E-state index in [0.717, 1.165) is 55.2 Å². The number of hydrogen-bond donors (Lipinski definition) is 1. The highest BCUT2D eigenvalue weighted by atomic mass is 32.2. The van der Waals surface area contributed by atoms with Gasteiger partial charge < -0.3 is 10.2 Å². The molecule has 2 aliphatic rings. The van der Waals surface area contributed by atoms with Crippen LogP contribution in [0.5, 0.6) is 0 Å². The summed E-state index contributed by atoms with van der Waals surface area (Å²) in [5, 5.41) is 3.39. The Morgan fingerprint density at radius 1 is 1.07 bits per heavy atom. The van der Waals surface area contributed by atoms with Crippen molar-refractivity contribution in [2.24, 2.45) is 0 Å². The van der Waals surface area contributed by atoms with Crippen molar-refractivity contribution < 1.29 is 8.42 Å². The van der Waals surface area contributed by atoms with E-state index in [2.05, 4.69) is 40.6 Å². The number of sulfonamides is 1. The molecule has 29 heavy (non-hydrogen) atoms. The summed E-state index contributed by atoms with van der Waals surface area (Å²) in [4.78, 5) is 5.14. The lowest BCUT2D eigenvalue weighted by Crippen LogP contribution is -2.43. The fourth-order valence-electron chi connectivity index (χ4n) is 3.77. The first kappa shape index (κ1) is 20.6. The predicted octanol–water partition coefficient (Wildman–Crippen LogP) is 3.13. The number of benzene rings is 2. The zero-order valence-electron chi connectivity index (χ0n) is 16.9. The lowest BCUT2D eigenvalue weighted by molar-refractivity contribution is 0.245. The molecule has 2 aromatic rings. The predicted molar refractivity (Wildman–Crippen MR) is 119 cm³/mol. The molecule has 0 radical (unpaired) electrons. The van der Waals surface area contributed by atoms with E-state index in [9.17, 15) is 8.42 Å². The molecule has 1 saturated heterocycles. The van der Waals surface area contributed by atoms with Crippen LogP contribution in [0.15, 0.2) is 63.2 Å². The quantitative estimate of drug-likeness (QED) is 0.675. The second-order valence-corrected chi connectivity index (χ2v) is 10.8. The fraction of sp³-hybridized carbons (Fsp3) is 0.364. The smallest absolute Gasteiger partial charge is 0.242 e. The number of rotatable bonds is 5. The molecule has 0 atom stereocenters. The van der Waals surface area contributed by atoms with Gasteiger partial charge in [-0.3, -0.25) is 0 Å². The topological polar surface area (TPSA) is 52.7 Å². The Morgan fingerprint density at radius 2 is 1.79 bits per heavy atom. The van der Waals surface area contributed by atoms with Gasteiger partial charge >= 0.3 is 0 Å². The van der Waals surface area contributed by atoms with Gasteiger partial charge in [-0.2, -0.15) is 0 Å². The van der Waals surface area contributed by atoms with Crippen LogP contribution in [0.4, 0.5) is 0 Å². The SMILES string of the molecule is CN(C)S(=O)(=O)c1ccc2c(c1)/C(=C/CCN1CCNCC1)c1ccccc1S2. The maximum Gasteiger partial charge on any atom is 0.242 e. The number of nitrogens with one attached hydrogen (secondary N) is 1. The van der Waals surface area contributed by atoms with Crippen LogP contribution in [-0.2, 0) is 10.0 Å². The van der Waals surface area contributed by atoms with E-state index in [1.165, 1.54) is 14.8 Å². The molecule has 0 spiro atoms. The zero-order chi connectivity index (χ0) is 20.4. The largest absolute Gasteiger partial charge is 0.314 e. The lowest BCUT2D eigenvalue weighted by Gasteiger charge is -2.27. The van der Waals surface area contributed by atoms with E-state index >= 15 is 0 Å². The van der Waals surface area contributed by atoms with Gasteiger partial charge in [0, 0.05) is 56.6 Å². The molecule has 7 heteroatoms. The van der Waals surface area contributed by atoms with Crippen LogP contribution in [0.25, 0.3) is 5.57 Å². The van der Waals surface area contributed by atoms with Crippen molar-refractivity contribution in [3.05, 3.63) is 59.7 Å². The Bertz CT molecular complexity index is 1030. The Kier molecular flexibility index (Phi) is 6.13. The monoisotopic (exact) mass is 429 g/mol. The van der Waals surface area contributed by atoms with Crippen molar-refractivity contribution in [1.29, 1.82) is 0 Å². The first-order valence-electron chi connectivity index (χ1n) is 9.94. The average Bonchev–Trinajstić information content (AvgIpc) is 2.73. The summed E-state index contributed by atoms with van der Waals surface area (Å²) in [6.45, 7) is 5.27. The third kappa shape index (κ3) is 4.29. The van der Waals surface area contributed by atoms with Gasteiger partial charge in [0.2, 0.25) is 10.0 Å². The van der Waals surface area contributed by atoms with Crippen LogP contribution in [0.3, 0.4) is 0 Å². The second-order valence-electron chi connectivity index (χ2n) is 7.54. The minimum Gasteiger partial charge on any atom is -0.314 e. The van der Waals surface area contributed by atoms with Crippen LogP contribution in [0.1, 0.15) is 17.5 Å².